The molecular formula is C10H15Cl2OZr. The third-order valence-corrected chi connectivity index (χ3v) is 3.79. The van der Waals surface area contributed by atoms with Crippen LogP contribution in [0.3, 0.4) is 0 Å². The number of hydrogen-bond acceptors (Lipinski definition) is 1. The fourth-order valence-electron chi connectivity index (χ4n) is 1.79. The van der Waals surface area contributed by atoms with Crippen LogP contribution in [-0.4, -0.2) is 12.7 Å². The van der Waals surface area contributed by atoms with E-state index in [1.54, 1.807) is 33.6 Å². The van der Waals surface area contributed by atoms with Gasteiger partial charge in [-0.15, -0.1) is 24.8 Å². The minimum absolute atomic E-state index is 0. The number of hydrogen-bond donors (Lipinski definition) is 0. The number of halogens is 2. The van der Waals surface area contributed by atoms with Gasteiger partial charge in [-0.1, -0.05) is 0 Å². The molecule has 14 heavy (non-hydrogen) atoms. The molecule has 0 bridgehead atoms. The molecule has 79 valence electrons. The summed E-state index contributed by atoms with van der Waals surface area (Å²) in [7, 11) is 0. The number of ether oxygens (including phenoxy) is 1. The summed E-state index contributed by atoms with van der Waals surface area (Å²) >= 11 is 1.58. The number of rotatable bonds is 2. The second-order valence-electron chi connectivity index (χ2n) is 3.45. The normalized spacial score (nSPS) is 24.6. The summed E-state index contributed by atoms with van der Waals surface area (Å²) in [6.07, 6.45) is 9.96. The van der Waals surface area contributed by atoms with E-state index in [2.05, 4.69) is 12.2 Å². The first-order valence-electron chi connectivity index (χ1n) is 4.58. The van der Waals surface area contributed by atoms with Gasteiger partial charge >= 0.3 is 88.9 Å². The molecule has 0 aromatic heterocycles. The van der Waals surface area contributed by atoms with Gasteiger partial charge < -0.3 is 0 Å². The molecule has 0 aromatic carbocycles. The summed E-state index contributed by atoms with van der Waals surface area (Å²) in [4.78, 5) is 0. The molecule has 1 aliphatic carbocycles. The Bertz CT molecular complexity index is 232. The second kappa shape index (κ2) is 7.22. The van der Waals surface area contributed by atoms with Gasteiger partial charge in [-0.2, -0.15) is 0 Å². The molecule has 0 aromatic rings. The summed E-state index contributed by atoms with van der Waals surface area (Å²) in [5.41, 5.74) is 1.56. The molecule has 0 amide bonds. The van der Waals surface area contributed by atoms with Gasteiger partial charge in [0.25, 0.3) is 0 Å². The van der Waals surface area contributed by atoms with Crippen LogP contribution >= 0.6 is 24.8 Å². The van der Waals surface area contributed by atoms with Crippen molar-refractivity contribution in [1.29, 1.82) is 0 Å². The van der Waals surface area contributed by atoms with E-state index >= 15 is 0 Å². The van der Waals surface area contributed by atoms with Crippen LogP contribution in [0, 0.1) is 0 Å². The van der Waals surface area contributed by atoms with Gasteiger partial charge in [0.1, 0.15) is 0 Å². The maximum absolute atomic E-state index is 5.61. The van der Waals surface area contributed by atoms with Crippen LogP contribution in [0.5, 0.6) is 0 Å². The molecule has 1 nitrogen and oxygen atoms in total. The van der Waals surface area contributed by atoms with Crippen molar-refractivity contribution >= 4 is 24.8 Å². The molecule has 1 aliphatic heterocycles. The quantitative estimate of drug-likeness (QED) is 0.761. The first kappa shape index (κ1) is 14.9. The second-order valence-corrected chi connectivity index (χ2v) is 4.93. The Hall–Kier alpha value is 0.903. The maximum atomic E-state index is 5.61. The van der Waals surface area contributed by atoms with Gasteiger partial charge in [-0.05, 0) is 0 Å². The van der Waals surface area contributed by atoms with Crippen molar-refractivity contribution in [2.45, 2.75) is 31.8 Å². The van der Waals surface area contributed by atoms with Gasteiger partial charge in [0.15, 0.2) is 0 Å². The molecule has 1 unspecified atom stereocenters. The van der Waals surface area contributed by atoms with Crippen LogP contribution in [0.2, 0.25) is 0 Å². The Morgan fingerprint density at radius 1 is 1.43 bits per heavy atom. The van der Waals surface area contributed by atoms with Crippen molar-refractivity contribution < 1.29 is 29.5 Å². The van der Waals surface area contributed by atoms with Crippen LogP contribution < -0.4 is 0 Å². The molecule has 2 rings (SSSR count). The first-order chi connectivity index (χ1) is 5.86. The van der Waals surface area contributed by atoms with Gasteiger partial charge in [-0.3, -0.25) is 0 Å². The van der Waals surface area contributed by atoms with Crippen LogP contribution in [0.4, 0.5) is 0 Å². The molecule has 4 heteroatoms. The van der Waals surface area contributed by atoms with E-state index in [1.165, 1.54) is 19.3 Å². The summed E-state index contributed by atoms with van der Waals surface area (Å²) < 4.78 is 7.23. The predicted molar refractivity (Wildman–Crippen MR) is 58.9 cm³/mol. The van der Waals surface area contributed by atoms with Crippen molar-refractivity contribution in [3.8, 4) is 0 Å². The van der Waals surface area contributed by atoms with E-state index < -0.39 is 0 Å². The van der Waals surface area contributed by atoms with Gasteiger partial charge in [0.2, 0.25) is 0 Å². The van der Waals surface area contributed by atoms with Crippen molar-refractivity contribution in [2.75, 3.05) is 6.61 Å². The average molecular weight is 313 g/mol. The monoisotopic (exact) mass is 311 g/mol. The summed E-state index contributed by atoms with van der Waals surface area (Å²) in [6.45, 7) is 0.980. The van der Waals surface area contributed by atoms with Crippen LogP contribution in [0.25, 0.3) is 0 Å². The molecule has 1 atom stereocenters. The topological polar surface area (TPSA) is 9.23 Å². The van der Waals surface area contributed by atoms with E-state index in [4.69, 9.17) is 4.74 Å². The Morgan fingerprint density at radius 2 is 2.21 bits per heavy atom. The van der Waals surface area contributed by atoms with Crippen LogP contribution in [-0.2, 0) is 29.5 Å². The molecule has 1 heterocycles. The van der Waals surface area contributed by atoms with Gasteiger partial charge in [-0.25, -0.2) is 0 Å². The third-order valence-electron chi connectivity index (χ3n) is 2.50. The van der Waals surface area contributed by atoms with Crippen LogP contribution in [0.15, 0.2) is 21.0 Å². The van der Waals surface area contributed by atoms with Gasteiger partial charge in [0.05, 0.1) is 0 Å². The molecule has 2 aliphatic rings. The van der Waals surface area contributed by atoms with E-state index in [0.29, 0.717) is 6.10 Å². The van der Waals surface area contributed by atoms with Crippen molar-refractivity contribution in [3.05, 3.63) is 21.0 Å². The van der Waals surface area contributed by atoms with E-state index in [9.17, 15) is 0 Å². The Morgan fingerprint density at radius 3 is 2.71 bits per heavy atom. The zero-order chi connectivity index (χ0) is 8.39. The number of allylic oxidation sites excluding steroid dienone is 3. The Kier molecular flexibility index (Phi) is 7.69. The zero-order valence-corrected chi connectivity index (χ0v) is 12.1. The van der Waals surface area contributed by atoms with Crippen molar-refractivity contribution in [1.82, 2.24) is 0 Å². The fourth-order valence-corrected chi connectivity index (χ4v) is 2.54. The molecule has 0 N–H and O–H groups in total. The van der Waals surface area contributed by atoms with E-state index in [1.807, 2.05) is 0 Å². The van der Waals surface area contributed by atoms with Crippen molar-refractivity contribution in [2.24, 2.45) is 0 Å². The standard InChI is InChI=1S/C10H13O.2ClH.Zr/c1-2-5-9(4-1)8-10-6-3-7-11-10;;;/h1,4,10H,2-3,6-8H2;2*1H;. The summed E-state index contributed by atoms with van der Waals surface area (Å²) in [5.74, 6) is 0. The Balaban J connectivity index is 0.000000845. The van der Waals surface area contributed by atoms with Gasteiger partial charge in [0, 0.05) is 0 Å². The van der Waals surface area contributed by atoms with E-state index in [-0.39, 0.29) is 24.8 Å². The van der Waals surface area contributed by atoms with Crippen LogP contribution in [0.1, 0.15) is 25.7 Å². The molecule has 1 fully saturated rings. The molecule has 1 saturated heterocycles. The predicted octanol–water partition coefficient (Wildman–Crippen LogP) is 3.16. The molecule has 0 radical (unpaired) electrons. The zero-order valence-electron chi connectivity index (χ0n) is 7.99. The summed E-state index contributed by atoms with van der Waals surface area (Å²) in [6, 6.07) is 0. The molecular weight excluding hydrogens is 298 g/mol. The first-order valence-corrected chi connectivity index (χ1v) is 5.81. The van der Waals surface area contributed by atoms with E-state index in [0.717, 1.165) is 13.0 Å². The van der Waals surface area contributed by atoms with Crippen molar-refractivity contribution in [3.63, 3.8) is 0 Å². The summed E-state index contributed by atoms with van der Waals surface area (Å²) in [5, 5.41) is 0. The molecule has 0 spiro atoms. The third kappa shape index (κ3) is 3.81. The Labute approximate surface area is 113 Å². The SMILES string of the molecule is Cl.Cl.[Zr][C]1=C(CC2CCCO2)C=CC1. The fraction of sp³-hybridized carbons (Fsp3) is 0.600. The minimum atomic E-state index is 0. The average Bonchev–Trinajstić information content (AvgIpc) is 2.65. The molecule has 0 saturated carbocycles.